The Kier molecular flexibility index (Phi) is 3.97. The molecular formula is C9H17N5O3S. The maximum atomic E-state index is 11.9. The summed E-state index contributed by atoms with van der Waals surface area (Å²) in [6, 6.07) is 0. The predicted octanol–water partition coefficient (Wildman–Crippen LogP) is -0.958. The molecule has 1 rings (SSSR count). The minimum atomic E-state index is -3.77. The molecule has 0 aliphatic heterocycles. The fourth-order valence-corrected chi connectivity index (χ4v) is 2.50. The Morgan fingerprint density at radius 3 is 2.61 bits per heavy atom. The molecule has 1 aromatic heterocycles. The fourth-order valence-electron chi connectivity index (χ4n) is 1.27. The molecule has 0 aliphatic carbocycles. The molecule has 0 saturated heterocycles. The van der Waals surface area contributed by atoms with Crippen LogP contribution < -0.4 is 15.8 Å². The largest absolute Gasteiger partial charge is 0.383 e. The van der Waals surface area contributed by atoms with Gasteiger partial charge in [0.15, 0.2) is 0 Å². The normalized spacial score (nSPS) is 12.4. The SMILES string of the molecule is CNC(=O)C(C)(C)CNS(=O)(=O)c1cn[nH]c1N. The van der Waals surface area contributed by atoms with Gasteiger partial charge in [-0.3, -0.25) is 9.89 Å². The van der Waals surface area contributed by atoms with E-state index in [9.17, 15) is 13.2 Å². The molecule has 0 aliphatic rings. The monoisotopic (exact) mass is 275 g/mol. The Morgan fingerprint density at radius 2 is 2.17 bits per heavy atom. The number of hydrogen-bond acceptors (Lipinski definition) is 5. The van der Waals surface area contributed by atoms with Crippen LogP contribution in [-0.2, 0) is 14.8 Å². The molecule has 0 saturated carbocycles. The minimum Gasteiger partial charge on any atom is -0.383 e. The van der Waals surface area contributed by atoms with Crippen LogP contribution in [0.15, 0.2) is 11.1 Å². The van der Waals surface area contributed by atoms with E-state index >= 15 is 0 Å². The second-order valence-corrected chi connectivity index (χ2v) is 6.17. The smallest absolute Gasteiger partial charge is 0.245 e. The van der Waals surface area contributed by atoms with Gasteiger partial charge in [-0.2, -0.15) is 5.10 Å². The van der Waals surface area contributed by atoms with E-state index in [4.69, 9.17) is 5.73 Å². The Balaban J connectivity index is 2.81. The van der Waals surface area contributed by atoms with E-state index in [2.05, 4.69) is 20.2 Å². The Bertz CT molecular complexity index is 534. The number of nitrogen functional groups attached to an aromatic ring is 1. The number of nitrogens with zero attached hydrogens (tertiary/aromatic N) is 1. The lowest BCUT2D eigenvalue weighted by molar-refractivity contribution is -0.128. The summed E-state index contributed by atoms with van der Waals surface area (Å²) < 4.78 is 26.1. The molecule has 1 heterocycles. The lowest BCUT2D eigenvalue weighted by atomic mass is 9.93. The van der Waals surface area contributed by atoms with Gasteiger partial charge >= 0.3 is 0 Å². The highest BCUT2D eigenvalue weighted by Gasteiger charge is 2.29. The number of H-pyrrole nitrogens is 1. The first-order valence-electron chi connectivity index (χ1n) is 5.21. The van der Waals surface area contributed by atoms with Crippen molar-refractivity contribution in [2.75, 3.05) is 19.3 Å². The van der Waals surface area contributed by atoms with Crippen molar-refractivity contribution in [3.8, 4) is 0 Å². The summed E-state index contributed by atoms with van der Waals surface area (Å²) in [5.41, 5.74) is 4.57. The molecule has 1 aromatic rings. The van der Waals surface area contributed by atoms with Crippen molar-refractivity contribution in [3.05, 3.63) is 6.20 Å². The summed E-state index contributed by atoms with van der Waals surface area (Å²) in [5, 5.41) is 8.34. The van der Waals surface area contributed by atoms with E-state index in [1.165, 1.54) is 7.05 Å². The number of carbonyl (C=O) groups is 1. The number of aromatic amines is 1. The van der Waals surface area contributed by atoms with Crippen LogP contribution in [0.4, 0.5) is 5.82 Å². The van der Waals surface area contributed by atoms with Crippen LogP contribution in [0.25, 0.3) is 0 Å². The summed E-state index contributed by atoms with van der Waals surface area (Å²) in [7, 11) is -2.28. The van der Waals surface area contributed by atoms with Crippen molar-refractivity contribution < 1.29 is 13.2 Å². The number of nitrogens with two attached hydrogens (primary N) is 1. The van der Waals surface area contributed by atoms with Crippen LogP contribution in [-0.4, -0.2) is 38.1 Å². The highest BCUT2D eigenvalue weighted by atomic mass is 32.2. The first-order valence-corrected chi connectivity index (χ1v) is 6.70. The van der Waals surface area contributed by atoms with Crippen LogP contribution in [0.3, 0.4) is 0 Å². The van der Waals surface area contributed by atoms with Crippen molar-refractivity contribution in [2.24, 2.45) is 5.41 Å². The predicted molar refractivity (Wildman–Crippen MR) is 66.0 cm³/mol. The van der Waals surface area contributed by atoms with Gasteiger partial charge in [0.1, 0.15) is 10.7 Å². The van der Waals surface area contributed by atoms with Crippen LogP contribution in [0.5, 0.6) is 0 Å². The molecule has 9 heteroatoms. The lowest BCUT2D eigenvalue weighted by Gasteiger charge is -2.22. The van der Waals surface area contributed by atoms with Crippen molar-refractivity contribution >= 4 is 21.7 Å². The summed E-state index contributed by atoms with van der Waals surface area (Å²) in [4.78, 5) is 11.4. The third kappa shape index (κ3) is 2.99. The van der Waals surface area contributed by atoms with E-state index in [0.29, 0.717) is 0 Å². The summed E-state index contributed by atoms with van der Waals surface area (Å²) >= 11 is 0. The average Bonchev–Trinajstić information content (AvgIpc) is 2.73. The molecule has 0 spiro atoms. The molecule has 8 nitrogen and oxygen atoms in total. The molecule has 0 fully saturated rings. The molecule has 0 aromatic carbocycles. The molecule has 5 N–H and O–H groups in total. The zero-order chi connectivity index (χ0) is 14.0. The third-order valence-electron chi connectivity index (χ3n) is 2.47. The van der Waals surface area contributed by atoms with Crippen molar-refractivity contribution in [3.63, 3.8) is 0 Å². The number of rotatable bonds is 5. The second-order valence-electron chi connectivity index (χ2n) is 4.44. The summed E-state index contributed by atoms with van der Waals surface area (Å²) in [5.74, 6) is -0.300. The van der Waals surface area contributed by atoms with Gasteiger partial charge in [0.2, 0.25) is 15.9 Å². The Morgan fingerprint density at radius 1 is 1.56 bits per heavy atom. The van der Waals surface area contributed by atoms with Crippen LogP contribution in [0.2, 0.25) is 0 Å². The van der Waals surface area contributed by atoms with Crippen molar-refractivity contribution in [1.29, 1.82) is 0 Å². The first-order chi connectivity index (χ1) is 8.20. The molecule has 18 heavy (non-hydrogen) atoms. The highest BCUT2D eigenvalue weighted by molar-refractivity contribution is 7.89. The maximum absolute atomic E-state index is 11.9. The van der Waals surface area contributed by atoms with Gasteiger partial charge in [0.05, 0.1) is 11.6 Å². The number of aromatic nitrogens is 2. The maximum Gasteiger partial charge on any atom is 0.245 e. The van der Waals surface area contributed by atoms with Crippen LogP contribution in [0.1, 0.15) is 13.8 Å². The lowest BCUT2D eigenvalue weighted by Crippen LogP contribution is -2.43. The number of sulfonamides is 1. The van der Waals surface area contributed by atoms with Crippen LogP contribution in [0, 0.1) is 5.41 Å². The van der Waals surface area contributed by atoms with Gasteiger partial charge in [-0.05, 0) is 13.8 Å². The molecular weight excluding hydrogens is 258 g/mol. The topological polar surface area (TPSA) is 130 Å². The van der Waals surface area contributed by atoms with Crippen LogP contribution >= 0.6 is 0 Å². The average molecular weight is 275 g/mol. The van der Waals surface area contributed by atoms with E-state index in [1.54, 1.807) is 13.8 Å². The Hall–Kier alpha value is -1.61. The quantitative estimate of drug-likeness (QED) is 0.550. The van der Waals surface area contributed by atoms with E-state index in [-0.39, 0.29) is 23.2 Å². The molecule has 0 bridgehead atoms. The number of amides is 1. The highest BCUT2D eigenvalue weighted by Crippen LogP contribution is 2.17. The van der Waals surface area contributed by atoms with Gasteiger partial charge in [0, 0.05) is 13.6 Å². The van der Waals surface area contributed by atoms with Gasteiger partial charge in [-0.1, -0.05) is 0 Å². The Labute approximate surface area is 105 Å². The second kappa shape index (κ2) is 4.94. The third-order valence-corrected chi connectivity index (χ3v) is 3.90. The number of anilines is 1. The van der Waals surface area contributed by atoms with Gasteiger partial charge in [-0.25, -0.2) is 13.1 Å². The van der Waals surface area contributed by atoms with Crippen molar-refractivity contribution in [2.45, 2.75) is 18.7 Å². The molecule has 102 valence electrons. The minimum absolute atomic E-state index is 0.0414. The molecule has 0 unspecified atom stereocenters. The van der Waals surface area contributed by atoms with Gasteiger partial charge < -0.3 is 11.1 Å². The zero-order valence-electron chi connectivity index (χ0n) is 10.4. The standard InChI is InChI=1S/C9H17N5O3S/c1-9(2,8(15)11-3)5-13-18(16,17)6-4-12-14-7(6)10/h4,13H,5H2,1-3H3,(H,11,15)(H3,10,12,14). The fraction of sp³-hybridized carbons (Fsp3) is 0.556. The van der Waals surface area contributed by atoms with E-state index in [0.717, 1.165) is 6.20 Å². The number of carbonyl (C=O) groups excluding carboxylic acids is 1. The molecule has 0 radical (unpaired) electrons. The molecule has 1 amide bonds. The number of hydrogen-bond donors (Lipinski definition) is 4. The van der Waals surface area contributed by atoms with E-state index in [1.807, 2.05) is 0 Å². The van der Waals surface area contributed by atoms with Gasteiger partial charge in [0.25, 0.3) is 0 Å². The number of nitrogens with one attached hydrogen (secondary N) is 3. The molecule has 0 atom stereocenters. The van der Waals surface area contributed by atoms with Crippen molar-refractivity contribution in [1.82, 2.24) is 20.2 Å². The first kappa shape index (κ1) is 14.5. The van der Waals surface area contributed by atoms with E-state index < -0.39 is 15.4 Å². The van der Waals surface area contributed by atoms with Gasteiger partial charge in [-0.15, -0.1) is 0 Å². The summed E-state index contributed by atoms with van der Waals surface area (Å²) in [6.07, 6.45) is 1.12. The summed E-state index contributed by atoms with van der Waals surface area (Å²) in [6.45, 7) is 3.22. The zero-order valence-corrected chi connectivity index (χ0v) is 11.3.